The Morgan fingerprint density at radius 3 is 2.10 bits per heavy atom. The van der Waals surface area contributed by atoms with Crippen LogP contribution in [0, 0.1) is 0 Å². The van der Waals surface area contributed by atoms with Crippen LogP contribution in [-0.4, -0.2) is 33.8 Å². The standard InChI is InChI=1S/C47H48N4O6S/c48-39-20-11-12-21-40(39)50-43(54)23-10-2-1-9-22-42(53)49-37-19-13-18-36(28-37)46-55-38(29-41(56-46)33-26-24-32(30-52)25-27-33)31-58-47-51-44(34-14-5-3-6-15-34)45(57-47)35-16-7-4-8-17-35/h3-8,11-21,24-28,38,41,46,52H,1-2,9-10,22-23,29-31,48H2,(H,49,53)(H,50,54)/t38-,41+,46+/m1/s1. The third-order valence-electron chi connectivity index (χ3n) is 9.93. The van der Waals surface area contributed by atoms with E-state index in [0.717, 1.165) is 58.5 Å². The lowest BCUT2D eigenvalue weighted by atomic mass is 10.0. The molecule has 1 saturated heterocycles. The number of nitrogens with two attached hydrogens (primary N) is 1. The molecule has 0 saturated carbocycles. The summed E-state index contributed by atoms with van der Waals surface area (Å²) in [6.45, 7) is -0.0361. The first kappa shape index (κ1) is 40.5. The molecular formula is C47H48N4O6S. The fourth-order valence-corrected chi connectivity index (χ4v) is 7.70. The molecule has 5 N–H and O–H groups in total. The second-order valence-electron chi connectivity index (χ2n) is 14.3. The fraction of sp³-hybridized carbons (Fsp3) is 0.255. The van der Waals surface area contributed by atoms with Gasteiger partial charge in [0.05, 0.1) is 30.2 Å². The van der Waals surface area contributed by atoms with Gasteiger partial charge in [-0.25, -0.2) is 4.98 Å². The van der Waals surface area contributed by atoms with Gasteiger partial charge in [0.1, 0.15) is 5.69 Å². The van der Waals surface area contributed by atoms with Crippen molar-refractivity contribution in [2.24, 2.45) is 0 Å². The van der Waals surface area contributed by atoms with Crippen LogP contribution in [0.3, 0.4) is 0 Å². The van der Waals surface area contributed by atoms with Crippen molar-refractivity contribution in [3.05, 3.63) is 150 Å². The number of unbranched alkanes of at least 4 members (excludes halogenated alkanes) is 3. The van der Waals surface area contributed by atoms with Crippen molar-refractivity contribution in [1.82, 2.24) is 4.98 Å². The minimum absolute atomic E-state index is 0.0361. The number of ether oxygens (including phenoxy) is 2. The van der Waals surface area contributed by atoms with Crippen LogP contribution in [0.5, 0.6) is 0 Å². The number of thioether (sulfide) groups is 1. The molecule has 0 unspecified atom stereocenters. The Labute approximate surface area is 343 Å². The fourth-order valence-electron chi connectivity index (χ4n) is 6.86. The second-order valence-corrected chi connectivity index (χ2v) is 15.2. The molecule has 0 aliphatic carbocycles. The lowest BCUT2D eigenvalue weighted by Crippen LogP contribution is -2.31. The number of amides is 2. The number of carbonyl (C=O) groups excluding carboxylic acids is 2. The number of carbonyl (C=O) groups is 2. The summed E-state index contributed by atoms with van der Waals surface area (Å²) in [7, 11) is 0. The summed E-state index contributed by atoms with van der Waals surface area (Å²) in [5.74, 6) is 1.14. The smallest absolute Gasteiger partial charge is 0.256 e. The second kappa shape index (κ2) is 20.1. The van der Waals surface area contributed by atoms with Crippen LogP contribution < -0.4 is 16.4 Å². The van der Waals surface area contributed by atoms with Gasteiger partial charge in [-0.3, -0.25) is 9.59 Å². The predicted octanol–water partition coefficient (Wildman–Crippen LogP) is 10.3. The number of aromatic nitrogens is 1. The zero-order valence-corrected chi connectivity index (χ0v) is 33.0. The number of hydrogen-bond donors (Lipinski definition) is 4. The van der Waals surface area contributed by atoms with E-state index < -0.39 is 6.29 Å². The molecule has 1 aliphatic heterocycles. The molecule has 1 aromatic heterocycles. The monoisotopic (exact) mass is 796 g/mol. The Bertz CT molecular complexity index is 2190. The molecule has 1 aliphatic rings. The Morgan fingerprint density at radius 1 is 0.724 bits per heavy atom. The zero-order valence-electron chi connectivity index (χ0n) is 32.2. The molecule has 2 heterocycles. The van der Waals surface area contributed by atoms with Crippen molar-refractivity contribution < 1.29 is 28.6 Å². The number of hydrogen-bond acceptors (Lipinski definition) is 9. The topological polar surface area (TPSA) is 149 Å². The highest BCUT2D eigenvalue weighted by atomic mass is 32.2. The van der Waals surface area contributed by atoms with Gasteiger partial charge in [-0.15, -0.1) is 0 Å². The van der Waals surface area contributed by atoms with Gasteiger partial charge in [-0.05, 0) is 48.2 Å². The average Bonchev–Trinajstić information content (AvgIpc) is 3.70. The lowest BCUT2D eigenvalue weighted by molar-refractivity contribution is -0.245. The molecule has 2 amide bonds. The molecule has 298 valence electrons. The molecular weight excluding hydrogens is 749 g/mol. The maximum atomic E-state index is 13.0. The van der Waals surface area contributed by atoms with Crippen molar-refractivity contribution in [2.45, 2.75) is 75.3 Å². The molecule has 3 atom stereocenters. The van der Waals surface area contributed by atoms with Gasteiger partial charge >= 0.3 is 0 Å². The largest absolute Gasteiger partial charge is 0.431 e. The molecule has 7 rings (SSSR count). The van der Waals surface area contributed by atoms with Gasteiger partial charge in [-0.2, -0.15) is 0 Å². The SMILES string of the molecule is Nc1ccccc1NC(=O)CCCCCCC(=O)Nc1cccc([C@H]2O[C@@H](CSc3nc(-c4ccccc4)c(-c4ccccc4)o3)C[C@@H](c3ccc(CO)cc3)O2)c1. The first-order valence-electron chi connectivity index (χ1n) is 19.7. The number of nitrogens with zero attached hydrogens (tertiary/aromatic N) is 1. The molecule has 6 aromatic rings. The molecule has 11 heteroatoms. The van der Waals surface area contributed by atoms with Gasteiger partial charge in [0.15, 0.2) is 12.1 Å². The Balaban J connectivity index is 0.968. The summed E-state index contributed by atoms with van der Waals surface area (Å²) in [5.41, 5.74) is 13.1. The van der Waals surface area contributed by atoms with E-state index >= 15 is 0 Å². The quantitative estimate of drug-likeness (QED) is 0.0402. The summed E-state index contributed by atoms with van der Waals surface area (Å²) in [6, 6.07) is 42.6. The molecule has 0 radical (unpaired) electrons. The van der Waals surface area contributed by atoms with Gasteiger partial charge in [0, 0.05) is 47.4 Å². The van der Waals surface area contributed by atoms with Gasteiger partial charge in [-0.1, -0.05) is 134 Å². The van der Waals surface area contributed by atoms with Crippen LogP contribution in [-0.2, 0) is 25.7 Å². The summed E-state index contributed by atoms with van der Waals surface area (Å²) in [6.07, 6.45) is 3.31. The van der Waals surface area contributed by atoms with Gasteiger partial charge < -0.3 is 35.4 Å². The third-order valence-corrected chi connectivity index (χ3v) is 10.9. The number of nitrogen functional groups attached to an aromatic ring is 1. The van der Waals surface area contributed by atoms with E-state index in [9.17, 15) is 14.7 Å². The van der Waals surface area contributed by atoms with Crippen molar-refractivity contribution in [2.75, 3.05) is 22.1 Å². The Morgan fingerprint density at radius 2 is 1.40 bits per heavy atom. The number of nitrogens with one attached hydrogen (secondary N) is 2. The van der Waals surface area contributed by atoms with Crippen LogP contribution in [0.25, 0.3) is 22.6 Å². The van der Waals surface area contributed by atoms with E-state index in [1.54, 1.807) is 12.1 Å². The van der Waals surface area contributed by atoms with Crippen LogP contribution in [0.2, 0.25) is 0 Å². The number of benzene rings is 5. The van der Waals surface area contributed by atoms with E-state index in [1.165, 1.54) is 11.8 Å². The van der Waals surface area contributed by atoms with Crippen molar-refractivity contribution in [3.63, 3.8) is 0 Å². The van der Waals surface area contributed by atoms with Crippen LogP contribution >= 0.6 is 11.8 Å². The van der Waals surface area contributed by atoms with Crippen LogP contribution in [0.4, 0.5) is 17.1 Å². The summed E-state index contributed by atoms with van der Waals surface area (Å²) < 4.78 is 19.6. The van der Waals surface area contributed by atoms with E-state index in [1.807, 2.05) is 121 Å². The molecule has 0 spiro atoms. The molecule has 0 bridgehead atoms. The highest BCUT2D eigenvalue weighted by Crippen LogP contribution is 2.41. The molecule has 1 fully saturated rings. The van der Waals surface area contributed by atoms with E-state index in [-0.39, 0.29) is 30.6 Å². The summed E-state index contributed by atoms with van der Waals surface area (Å²) in [4.78, 5) is 30.2. The average molecular weight is 797 g/mol. The minimum Gasteiger partial charge on any atom is -0.431 e. The minimum atomic E-state index is -0.696. The summed E-state index contributed by atoms with van der Waals surface area (Å²) >= 11 is 1.50. The van der Waals surface area contributed by atoms with Crippen molar-refractivity contribution in [1.29, 1.82) is 0 Å². The maximum Gasteiger partial charge on any atom is 0.256 e. The predicted molar refractivity (Wildman–Crippen MR) is 229 cm³/mol. The van der Waals surface area contributed by atoms with Crippen molar-refractivity contribution in [3.8, 4) is 22.6 Å². The highest BCUT2D eigenvalue weighted by Gasteiger charge is 2.33. The number of aliphatic hydroxyl groups excluding tert-OH is 1. The third kappa shape index (κ3) is 11.0. The Hall–Kier alpha value is -5.72. The number of para-hydroxylation sites is 2. The maximum absolute atomic E-state index is 13.0. The molecule has 10 nitrogen and oxygen atoms in total. The normalized spacial score (nSPS) is 16.5. The van der Waals surface area contributed by atoms with Crippen LogP contribution in [0.1, 0.15) is 74.0 Å². The number of rotatable bonds is 17. The number of aliphatic hydroxyl groups is 1. The van der Waals surface area contributed by atoms with E-state index in [4.69, 9.17) is 24.6 Å². The van der Waals surface area contributed by atoms with Crippen LogP contribution in [0.15, 0.2) is 143 Å². The highest BCUT2D eigenvalue weighted by molar-refractivity contribution is 7.99. The molecule has 5 aromatic carbocycles. The zero-order chi connectivity index (χ0) is 40.1. The Kier molecular flexibility index (Phi) is 14.0. The first-order chi connectivity index (χ1) is 28.4. The number of oxazole rings is 1. The van der Waals surface area contributed by atoms with E-state index in [2.05, 4.69) is 10.6 Å². The number of anilines is 3. The van der Waals surface area contributed by atoms with Gasteiger partial charge in [0.2, 0.25) is 11.8 Å². The molecule has 58 heavy (non-hydrogen) atoms. The van der Waals surface area contributed by atoms with Gasteiger partial charge in [0.25, 0.3) is 5.22 Å². The van der Waals surface area contributed by atoms with E-state index in [0.29, 0.717) is 53.7 Å². The summed E-state index contributed by atoms with van der Waals surface area (Å²) in [5, 5.41) is 16.1. The first-order valence-corrected chi connectivity index (χ1v) is 20.7. The van der Waals surface area contributed by atoms with Crippen molar-refractivity contribution >= 4 is 40.6 Å². The lowest BCUT2D eigenvalue weighted by Gasteiger charge is -2.36.